The van der Waals surface area contributed by atoms with E-state index in [1.807, 2.05) is 30.5 Å². The van der Waals surface area contributed by atoms with Crippen LogP contribution in [0.1, 0.15) is 21.5 Å². The highest BCUT2D eigenvalue weighted by molar-refractivity contribution is 5.94. The number of para-hydroxylation sites is 1. The second-order valence-electron chi connectivity index (χ2n) is 5.21. The Morgan fingerprint density at radius 2 is 2.09 bits per heavy atom. The van der Waals surface area contributed by atoms with Crippen LogP contribution in [0.3, 0.4) is 0 Å². The van der Waals surface area contributed by atoms with E-state index in [1.54, 1.807) is 12.1 Å². The molecule has 5 nitrogen and oxygen atoms in total. The van der Waals surface area contributed by atoms with E-state index in [1.165, 1.54) is 17.0 Å². The zero-order chi connectivity index (χ0) is 16.2. The zero-order valence-corrected chi connectivity index (χ0v) is 12.3. The molecule has 3 aromatic rings. The largest absolute Gasteiger partial charge is 0.478 e. The molecule has 0 amide bonds. The van der Waals surface area contributed by atoms with Gasteiger partial charge in [0.15, 0.2) is 0 Å². The summed E-state index contributed by atoms with van der Waals surface area (Å²) in [6.07, 6.45) is 2.74. The smallest absolute Gasteiger partial charge is 0.337 e. The fourth-order valence-electron chi connectivity index (χ4n) is 2.62. The summed E-state index contributed by atoms with van der Waals surface area (Å²) >= 11 is 0. The third-order valence-corrected chi connectivity index (χ3v) is 3.76. The normalized spacial score (nSPS) is 10.4. The van der Waals surface area contributed by atoms with Gasteiger partial charge in [0.2, 0.25) is 0 Å². The molecule has 0 aliphatic heterocycles. The molecule has 0 spiro atoms. The summed E-state index contributed by atoms with van der Waals surface area (Å²) in [6, 6.07) is 14.6. The summed E-state index contributed by atoms with van der Waals surface area (Å²) in [6.45, 7) is 0.605. The average molecular weight is 305 g/mol. The zero-order valence-electron chi connectivity index (χ0n) is 12.3. The lowest BCUT2D eigenvalue weighted by molar-refractivity contribution is 0.0698. The Balaban J connectivity index is 1.74. The molecule has 5 heteroatoms. The van der Waals surface area contributed by atoms with Crippen molar-refractivity contribution in [2.75, 3.05) is 11.9 Å². The number of benzene rings is 2. The van der Waals surface area contributed by atoms with Crippen molar-refractivity contribution in [2.24, 2.45) is 0 Å². The monoisotopic (exact) mass is 305 g/mol. The highest BCUT2D eigenvalue weighted by Gasteiger charge is 2.11. The number of aromatic carboxylic acids is 1. The van der Waals surface area contributed by atoms with E-state index in [4.69, 9.17) is 5.26 Å². The number of rotatable bonds is 5. The van der Waals surface area contributed by atoms with Crippen LogP contribution < -0.4 is 5.32 Å². The first-order chi connectivity index (χ1) is 11.2. The van der Waals surface area contributed by atoms with E-state index < -0.39 is 5.97 Å². The Hall–Kier alpha value is -3.26. The number of hydrogen-bond acceptors (Lipinski definition) is 3. The number of anilines is 1. The molecule has 0 fully saturated rings. The minimum atomic E-state index is -1.04. The summed E-state index contributed by atoms with van der Waals surface area (Å²) in [5, 5.41) is 22.4. The quantitative estimate of drug-likeness (QED) is 0.674. The molecule has 1 heterocycles. The van der Waals surface area contributed by atoms with Gasteiger partial charge in [-0.05, 0) is 36.2 Å². The Labute approximate surface area is 133 Å². The van der Waals surface area contributed by atoms with E-state index >= 15 is 0 Å². The maximum atomic E-state index is 11.3. The first-order valence-corrected chi connectivity index (χ1v) is 7.25. The second kappa shape index (κ2) is 6.24. The van der Waals surface area contributed by atoms with Crippen LogP contribution in [-0.4, -0.2) is 22.6 Å². The van der Waals surface area contributed by atoms with Gasteiger partial charge < -0.3 is 15.4 Å². The van der Waals surface area contributed by atoms with Gasteiger partial charge in [0.25, 0.3) is 0 Å². The lowest BCUT2D eigenvalue weighted by Gasteiger charge is -2.09. The number of carbonyl (C=O) groups is 1. The first kappa shape index (κ1) is 14.7. The molecule has 2 aromatic carbocycles. The molecule has 0 atom stereocenters. The number of hydrogen-bond donors (Lipinski definition) is 3. The molecule has 0 radical (unpaired) electrons. The molecule has 0 aliphatic rings. The highest BCUT2D eigenvalue weighted by Crippen LogP contribution is 2.20. The van der Waals surface area contributed by atoms with Gasteiger partial charge >= 0.3 is 5.97 Å². The Morgan fingerprint density at radius 1 is 1.26 bits per heavy atom. The van der Waals surface area contributed by atoms with Gasteiger partial charge in [0.05, 0.1) is 17.2 Å². The number of carboxylic acids is 1. The van der Waals surface area contributed by atoms with Crippen molar-refractivity contribution < 1.29 is 9.90 Å². The molecule has 0 aliphatic carbocycles. The summed E-state index contributed by atoms with van der Waals surface area (Å²) in [7, 11) is 0. The third-order valence-electron chi connectivity index (χ3n) is 3.76. The van der Waals surface area contributed by atoms with E-state index in [0.29, 0.717) is 17.8 Å². The molecule has 23 heavy (non-hydrogen) atoms. The average Bonchev–Trinajstić information content (AvgIpc) is 2.98. The first-order valence-electron chi connectivity index (χ1n) is 7.25. The fourth-order valence-corrected chi connectivity index (χ4v) is 2.62. The fraction of sp³-hybridized carbons (Fsp3) is 0.111. The molecule has 0 saturated heterocycles. The van der Waals surface area contributed by atoms with Crippen molar-refractivity contribution in [1.29, 1.82) is 5.26 Å². The van der Waals surface area contributed by atoms with Crippen LogP contribution in [0.2, 0.25) is 0 Å². The maximum Gasteiger partial charge on any atom is 0.337 e. The van der Waals surface area contributed by atoms with Gasteiger partial charge in [-0.15, -0.1) is 0 Å². The number of aromatic amines is 1. The number of aromatic nitrogens is 1. The lowest BCUT2D eigenvalue weighted by atomic mass is 10.1. The number of carboxylic acid groups (broad SMARTS) is 1. The van der Waals surface area contributed by atoms with Crippen LogP contribution in [0.4, 0.5) is 5.69 Å². The predicted octanol–water partition coefficient (Wildman–Crippen LogP) is 3.39. The van der Waals surface area contributed by atoms with Gasteiger partial charge in [0.1, 0.15) is 0 Å². The Bertz CT molecular complexity index is 906. The molecule has 0 unspecified atom stereocenters. The standard InChI is InChI=1S/C18H15N3O2/c19-10-12-5-6-17(15(9-12)18(22)23)20-8-7-13-11-21-16-4-2-1-3-14(13)16/h1-6,9,11,20-21H,7-8H2,(H,22,23). The number of nitrogens with zero attached hydrogens (tertiary/aromatic N) is 1. The molecular formula is C18H15N3O2. The predicted molar refractivity (Wildman–Crippen MR) is 88.6 cm³/mol. The second-order valence-corrected chi connectivity index (χ2v) is 5.21. The molecule has 0 bridgehead atoms. The topological polar surface area (TPSA) is 88.9 Å². The number of H-pyrrole nitrogens is 1. The van der Waals surface area contributed by atoms with Crippen LogP contribution in [0.25, 0.3) is 10.9 Å². The van der Waals surface area contributed by atoms with Crippen LogP contribution in [0.15, 0.2) is 48.7 Å². The summed E-state index contributed by atoms with van der Waals surface area (Å²) in [5.41, 5.74) is 3.25. The molecule has 0 saturated carbocycles. The maximum absolute atomic E-state index is 11.3. The van der Waals surface area contributed by atoms with Crippen LogP contribution in [0, 0.1) is 11.3 Å². The molecular weight excluding hydrogens is 290 g/mol. The van der Waals surface area contributed by atoms with Crippen molar-refractivity contribution in [3.8, 4) is 6.07 Å². The van der Waals surface area contributed by atoms with Crippen molar-refractivity contribution in [2.45, 2.75) is 6.42 Å². The van der Waals surface area contributed by atoms with E-state index in [0.717, 1.165) is 11.9 Å². The molecule has 3 N–H and O–H groups in total. The molecule has 3 rings (SSSR count). The van der Waals surface area contributed by atoms with Crippen molar-refractivity contribution >= 4 is 22.6 Å². The molecule has 114 valence electrons. The van der Waals surface area contributed by atoms with E-state index in [9.17, 15) is 9.90 Å². The van der Waals surface area contributed by atoms with Gasteiger partial charge in [-0.2, -0.15) is 5.26 Å². The number of fused-ring (bicyclic) bond motifs is 1. The summed E-state index contributed by atoms with van der Waals surface area (Å²) in [5.74, 6) is -1.04. The van der Waals surface area contributed by atoms with Crippen molar-refractivity contribution in [3.05, 3.63) is 65.4 Å². The van der Waals surface area contributed by atoms with Crippen LogP contribution >= 0.6 is 0 Å². The van der Waals surface area contributed by atoms with Crippen molar-refractivity contribution in [1.82, 2.24) is 4.98 Å². The number of nitrogens with one attached hydrogen (secondary N) is 2. The number of nitriles is 1. The lowest BCUT2D eigenvalue weighted by Crippen LogP contribution is -2.09. The van der Waals surface area contributed by atoms with Crippen LogP contribution in [-0.2, 0) is 6.42 Å². The van der Waals surface area contributed by atoms with E-state index in [2.05, 4.69) is 16.4 Å². The van der Waals surface area contributed by atoms with Gasteiger partial charge in [-0.25, -0.2) is 4.79 Å². The minimum absolute atomic E-state index is 0.114. The molecule has 1 aromatic heterocycles. The van der Waals surface area contributed by atoms with E-state index in [-0.39, 0.29) is 5.56 Å². The highest BCUT2D eigenvalue weighted by atomic mass is 16.4. The SMILES string of the molecule is N#Cc1ccc(NCCc2c[nH]c3ccccc23)c(C(=O)O)c1. The minimum Gasteiger partial charge on any atom is -0.478 e. The van der Waals surface area contributed by atoms with Crippen LogP contribution in [0.5, 0.6) is 0 Å². The Morgan fingerprint density at radius 3 is 2.87 bits per heavy atom. The summed E-state index contributed by atoms with van der Waals surface area (Å²) < 4.78 is 0. The van der Waals surface area contributed by atoms with Crippen molar-refractivity contribution in [3.63, 3.8) is 0 Å². The van der Waals surface area contributed by atoms with Gasteiger partial charge in [-0.1, -0.05) is 18.2 Å². The van der Waals surface area contributed by atoms with Gasteiger partial charge in [-0.3, -0.25) is 0 Å². The third kappa shape index (κ3) is 3.01. The Kier molecular flexibility index (Phi) is 3.98. The summed E-state index contributed by atoms with van der Waals surface area (Å²) in [4.78, 5) is 14.5. The van der Waals surface area contributed by atoms with Gasteiger partial charge in [0, 0.05) is 29.3 Å².